The maximum Gasteiger partial charge on any atom is 0.306 e. The van der Waals surface area contributed by atoms with Gasteiger partial charge in [-0.2, -0.15) is 0 Å². The van der Waals surface area contributed by atoms with Crippen LogP contribution in [0.15, 0.2) is 187 Å². The van der Waals surface area contributed by atoms with Gasteiger partial charge in [-0.3, -0.25) is 9.59 Å². The van der Waals surface area contributed by atoms with Crippen LogP contribution in [0.2, 0.25) is 0 Å². The summed E-state index contributed by atoms with van der Waals surface area (Å²) >= 11 is 0. The number of allylic oxidation sites excluding steroid dienone is 12. The number of carbonyl (C=O) groups is 2. The van der Waals surface area contributed by atoms with Gasteiger partial charge < -0.3 is 19.7 Å². The highest BCUT2D eigenvalue weighted by Gasteiger charge is 2.83. The summed E-state index contributed by atoms with van der Waals surface area (Å²) in [5.41, 5.74) is -1.68. The molecule has 4 aliphatic carbocycles. The minimum Gasteiger partial charge on any atom is -0.458 e. The molecule has 0 aliphatic heterocycles. The number of rotatable bonds is 21. The molecule has 352 valence electrons. The summed E-state index contributed by atoms with van der Waals surface area (Å²) in [7, 11) is 0. The molecule has 67 heavy (non-hydrogen) atoms. The molecule has 2 N–H and O–H groups in total. The first-order chi connectivity index (χ1) is 32.4. The molecule has 6 nitrogen and oxygen atoms in total. The predicted octanol–water partition coefficient (Wildman–Crippen LogP) is 13.0. The molecule has 2 saturated carbocycles. The standard InChI is InChI=1S/C61H72O6/c1-6-7-8-9-10-11-12-13-14-15-16-17-18-19-20-21-22-23-33-40-54(62)67-59-43-47(3)60(65)52(55(59)57(59,4)5)42-48(44-58(64)53(60)41-46(2)56(58)63)45-66-61(49-34-27-24-28-35-49,50-36-29-25-30-37-50)51-38-31-26-32-39-51/h7-8,10-11,13-14,16-17,19-20,22-32,34-39,41-42,47,52-53,55,64-65H,6,9,12,15,18,21,33,40,43-45H2,1-5H3/b8-7-,11-10-,14-13-,17-16-,20-19-,23-22-/t47-,52+,53-,55-,58-,59+,60-/m1/s1. The van der Waals surface area contributed by atoms with Crippen LogP contribution >= 0.6 is 0 Å². The van der Waals surface area contributed by atoms with Gasteiger partial charge in [-0.05, 0) is 92.0 Å². The number of Topliss-reactive ketones (excluding diaryl/α,β-unsaturated/α-hetero) is 1. The van der Waals surface area contributed by atoms with Crippen molar-refractivity contribution in [1.82, 2.24) is 0 Å². The zero-order valence-electron chi connectivity index (χ0n) is 40.4. The van der Waals surface area contributed by atoms with Crippen LogP contribution in [0.4, 0.5) is 0 Å². The van der Waals surface area contributed by atoms with E-state index >= 15 is 0 Å². The molecule has 2 fully saturated rings. The highest BCUT2D eigenvalue weighted by Crippen LogP contribution is 2.76. The van der Waals surface area contributed by atoms with E-state index in [4.69, 9.17) is 9.47 Å². The first-order valence-electron chi connectivity index (χ1n) is 24.7. The lowest BCUT2D eigenvalue weighted by atomic mass is 9.60. The van der Waals surface area contributed by atoms with Gasteiger partial charge in [0.25, 0.3) is 0 Å². The molecule has 3 aromatic carbocycles. The topological polar surface area (TPSA) is 93.1 Å². The summed E-state index contributed by atoms with van der Waals surface area (Å²) in [5.74, 6) is -2.66. The Hall–Kier alpha value is -5.40. The van der Waals surface area contributed by atoms with Crippen LogP contribution in [0, 0.1) is 29.1 Å². The van der Waals surface area contributed by atoms with Crippen molar-refractivity contribution in [2.24, 2.45) is 29.1 Å². The Morgan fingerprint density at radius 2 is 1.16 bits per heavy atom. The third kappa shape index (κ3) is 10.1. The van der Waals surface area contributed by atoms with Gasteiger partial charge in [0.1, 0.15) is 16.8 Å². The quantitative estimate of drug-likeness (QED) is 0.0628. The van der Waals surface area contributed by atoms with E-state index < -0.39 is 45.6 Å². The maximum absolute atomic E-state index is 14.1. The Morgan fingerprint density at radius 3 is 1.64 bits per heavy atom. The summed E-state index contributed by atoms with van der Waals surface area (Å²) in [4.78, 5) is 27.8. The number of carbonyl (C=O) groups excluding carboxylic acids is 2. The monoisotopic (exact) mass is 901 g/mol. The van der Waals surface area contributed by atoms with Crippen molar-refractivity contribution >= 4 is 11.8 Å². The molecule has 0 heterocycles. The van der Waals surface area contributed by atoms with Gasteiger partial charge in [0.2, 0.25) is 0 Å². The average Bonchev–Trinajstić information content (AvgIpc) is 3.73. The Morgan fingerprint density at radius 1 is 0.701 bits per heavy atom. The zero-order valence-corrected chi connectivity index (χ0v) is 40.4. The smallest absolute Gasteiger partial charge is 0.306 e. The highest BCUT2D eigenvalue weighted by atomic mass is 16.6. The number of aliphatic hydroxyl groups is 2. The van der Waals surface area contributed by atoms with Gasteiger partial charge in [-0.15, -0.1) is 0 Å². The van der Waals surface area contributed by atoms with E-state index in [-0.39, 0.29) is 37.1 Å². The lowest BCUT2D eigenvalue weighted by molar-refractivity contribution is -0.187. The van der Waals surface area contributed by atoms with E-state index in [1.165, 1.54) is 0 Å². The van der Waals surface area contributed by atoms with Gasteiger partial charge in [0.05, 0.1) is 12.2 Å². The summed E-state index contributed by atoms with van der Waals surface area (Å²) in [6, 6.07) is 30.4. The second kappa shape index (κ2) is 21.7. The van der Waals surface area contributed by atoms with E-state index in [1.54, 1.807) is 13.0 Å². The highest BCUT2D eigenvalue weighted by molar-refractivity contribution is 6.04. The van der Waals surface area contributed by atoms with E-state index in [0.29, 0.717) is 18.4 Å². The number of ether oxygens (including phenoxy) is 2. The molecule has 0 unspecified atom stereocenters. The van der Waals surface area contributed by atoms with Gasteiger partial charge in [0.15, 0.2) is 5.78 Å². The predicted molar refractivity (Wildman–Crippen MR) is 271 cm³/mol. The fraction of sp³-hybridized carbons (Fsp3) is 0.410. The van der Waals surface area contributed by atoms with Crippen molar-refractivity contribution in [2.45, 2.75) is 121 Å². The summed E-state index contributed by atoms with van der Waals surface area (Å²) in [6.45, 7) is 10.2. The molecule has 0 aromatic heterocycles. The third-order valence-corrected chi connectivity index (χ3v) is 15.1. The molecule has 3 aromatic rings. The van der Waals surface area contributed by atoms with E-state index in [9.17, 15) is 19.8 Å². The Balaban J connectivity index is 1.04. The SMILES string of the molecule is CC/C=C\C/C=C\C/C=C\C/C=C\C/C=C\C/C=C\CCC(=O)O[C@@]12C[C@@H](C)[C@@]3(O)[C@@H](C=C(COC(c4ccccc4)(c4ccccc4)c4ccccc4)C[C@]4(O)C(=O)C(C)=C[C@@H]34)[C@@H]1C2(C)C. The molecule has 7 rings (SSSR count). The van der Waals surface area contributed by atoms with Crippen LogP contribution < -0.4 is 0 Å². The maximum atomic E-state index is 14.1. The summed E-state index contributed by atoms with van der Waals surface area (Å²) in [5, 5.41) is 25.9. The van der Waals surface area contributed by atoms with Crippen molar-refractivity contribution < 1.29 is 29.3 Å². The fourth-order valence-electron chi connectivity index (χ4n) is 11.7. The molecular formula is C61H72O6. The van der Waals surface area contributed by atoms with Crippen LogP contribution in [0.3, 0.4) is 0 Å². The van der Waals surface area contributed by atoms with Crippen molar-refractivity contribution in [3.05, 3.63) is 204 Å². The Labute approximate surface area is 400 Å². The third-order valence-electron chi connectivity index (χ3n) is 15.1. The first-order valence-corrected chi connectivity index (χ1v) is 24.7. The number of hydrogen-bond acceptors (Lipinski definition) is 6. The normalized spacial score (nSPS) is 28.0. The van der Waals surface area contributed by atoms with Crippen molar-refractivity contribution in [3.8, 4) is 0 Å². The van der Waals surface area contributed by atoms with Crippen LogP contribution in [0.5, 0.6) is 0 Å². The van der Waals surface area contributed by atoms with Crippen LogP contribution in [-0.2, 0) is 24.7 Å². The lowest BCUT2D eigenvalue weighted by Gasteiger charge is -2.50. The average molecular weight is 901 g/mol. The number of fused-ring (bicyclic) bond motifs is 5. The molecule has 0 amide bonds. The second-order valence-electron chi connectivity index (χ2n) is 19.7. The van der Waals surface area contributed by atoms with Crippen molar-refractivity contribution in [1.29, 1.82) is 0 Å². The molecule has 0 spiro atoms. The zero-order chi connectivity index (χ0) is 47.5. The van der Waals surface area contributed by atoms with Gasteiger partial charge >= 0.3 is 5.97 Å². The second-order valence-corrected chi connectivity index (χ2v) is 19.7. The van der Waals surface area contributed by atoms with E-state index in [2.05, 4.69) is 130 Å². The summed E-state index contributed by atoms with van der Waals surface area (Å²) in [6.07, 6.45) is 36.8. The summed E-state index contributed by atoms with van der Waals surface area (Å²) < 4.78 is 13.9. The van der Waals surface area contributed by atoms with Gasteiger partial charge in [-0.25, -0.2) is 0 Å². The molecule has 7 atom stereocenters. The van der Waals surface area contributed by atoms with E-state index in [0.717, 1.165) is 60.8 Å². The van der Waals surface area contributed by atoms with E-state index in [1.807, 2.05) is 67.6 Å². The van der Waals surface area contributed by atoms with Crippen LogP contribution in [0.25, 0.3) is 0 Å². The minimum absolute atomic E-state index is 0.0101. The van der Waals surface area contributed by atoms with Crippen molar-refractivity contribution in [2.75, 3.05) is 6.61 Å². The molecule has 0 saturated heterocycles. The molecule has 4 aliphatic rings. The van der Waals surface area contributed by atoms with Crippen molar-refractivity contribution in [3.63, 3.8) is 0 Å². The number of hydrogen-bond donors (Lipinski definition) is 2. The number of benzene rings is 3. The molecular weight excluding hydrogens is 829 g/mol. The van der Waals surface area contributed by atoms with Crippen LogP contribution in [-0.4, -0.2) is 45.4 Å². The minimum atomic E-state index is -1.86. The fourth-order valence-corrected chi connectivity index (χ4v) is 11.7. The van der Waals surface area contributed by atoms with Crippen LogP contribution in [0.1, 0.15) is 116 Å². The number of ketones is 1. The lowest BCUT2D eigenvalue weighted by Crippen LogP contribution is -2.61. The van der Waals surface area contributed by atoms with Gasteiger partial charge in [-0.1, -0.05) is 204 Å². The number of esters is 1. The molecule has 6 heteroatoms. The largest absolute Gasteiger partial charge is 0.458 e. The Kier molecular flexibility index (Phi) is 16.0. The van der Waals surface area contributed by atoms with Gasteiger partial charge in [0, 0.05) is 36.0 Å². The molecule has 0 radical (unpaired) electrons. The Bertz CT molecular complexity index is 2300. The first kappa shape index (κ1) is 49.5. The molecule has 0 bridgehead atoms.